The molecule has 2 aromatic carbocycles. The molecule has 0 bridgehead atoms. The summed E-state index contributed by atoms with van der Waals surface area (Å²) in [5.74, 6) is 0.330. The molecule has 0 radical (unpaired) electrons. The summed E-state index contributed by atoms with van der Waals surface area (Å²) in [5.41, 5.74) is 1.93. The fraction of sp³-hybridized carbons (Fsp3) is 0.0625. The van der Waals surface area contributed by atoms with Gasteiger partial charge in [-0.05, 0) is 30.3 Å². The van der Waals surface area contributed by atoms with E-state index in [1.54, 1.807) is 25.4 Å². The third-order valence-corrected chi connectivity index (χ3v) is 3.64. The Balaban J connectivity index is 2.33. The van der Waals surface area contributed by atoms with Gasteiger partial charge in [0.05, 0.1) is 12.6 Å². The molecule has 0 spiro atoms. The molecule has 0 aliphatic rings. The molecule has 0 aliphatic carbocycles. The molecule has 0 fully saturated rings. The third-order valence-electron chi connectivity index (χ3n) is 3.15. The van der Waals surface area contributed by atoms with Gasteiger partial charge >= 0.3 is 0 Å². The van der Waals surface area contributed by atoms with Gasteiger partial charge in [0, 0.05) is 27.2 Å². The third kappa shape index (κ3) is 2.16. The van der Waals surface area contributed by atoms with Gasteiger partial charge in [-0.1, -0.05) is 28.1 Å². The summed E-state index contributed by atoms with van der Waals surface area (Å²) in [6.07, 6.45) is 1.64. The quantitative estimate of drug-likeness (QED) is 0.672. The largest absolute Gasteiger partial charge is 0.495 e. The second-order valence-electron chi connectivity index (χ2n) is 4.35. The van der Waals surface area contributed by atoms with Crippen LogP contribution in [0.1, 0.15) is 0 Å². The van der Waals surface area contributed by atoms with Gasteiger partial charge in [0.1, 0.15) is 11.6 Å². The van der Waals surface area contributed by atoms with E-state index in [1.165, 1.54) is 6.07 Å². The monoisotopic (exact) mass is 331 g/mol. The molecule has 2 nitrogen and oxygen atoms in total. The summed E-state index contributed by atoms with van der Waals surface area (Å²) in [6, 6.07) is 12.5. The zero-order valence-corrected chi connectivity index (χ0v) is 12.3. The highest BCUT2D eigenvalue weighted by molar-refractivity contribution is 9.10. The molecule has 0 saturated carbocycles. The highest BCUT2D eigenvalue weighted by Gasteiger charge is 2.14. The average molecular weight is 332 g/mol. The number of ether oxygens (including phenoxy) is 1. The lowest BCUT2D eigenvalue weighted by Crippen LogP contribution is -1.94. The van der Waals surface area contributed by atoms with Crippen molar-refractivity contribution in [1.82, 2.24) is 4.98 Å². The van der Waals surface area contributed by atoms with Crippen LogP contribution in [-0.2, 0) is 0 Å². The van der Waals surface area contributed by atoms with E-state index < -0.39 is 0 Å². The van der Waals surface area contributed by atoms with E-state index in [-0.39, 0.29) is 5.82 Å². The molecular weight excluding hydrogens is 321 g/mol. The molecule has 3 aromatic rings. The van der Waals surface area contributed by atoms with Crippen LogP contribution < -0.4 is 4.74 Å². The van der Waals surface area contributed by atoms with Gasteiger partial charge in [0.25, 0.3) is 0 Å². The summed E-state index contributed by atoms with van der Waals surface area (Å²) < 4.78 is 20.4. The van der Waals surface area contributed by atoms with Crippen molar-refractivity contribution in [1.29, 1.82) is 0 Å². The predicted octanol–water partition coefficient (Wildman–Crippen LogP) is 4.81. The van der Waals surface area contributed by atoms with Crippen molar-refractivity contribution in [2.75, 3.05) is 7.11 Å². The number of para-hydroxylation sites is 1. The first kappa shape index (κ1) is 13.1. The van der Waals surface area contributed by atoms with Crippen LogP contribution in [-0.4, -0.2) is 12.1 Å². The number of hydrogen-bond acceptors (Lipinski definition) is 2. The van der Waals surface area contributed by atoms with Gasteiger partial charge in [0.15, 0.2) is 0 Å². The van der Waals surface area contributed by atoms with Crippen LogP contribution in [0, 0.1) is 5.82 Å². The Morgan fingerprint density at radius 2 is 1.90 bits per heavy atom. The van der Waals surface area contributed by atoms with Crippen LogP contribution in [0.2, 0.25) is 0 Å². The van der Waals surface area contributed by atoms with Crippen molar-refractivity contribution in [3.63, 3.8) is 0 Å². The summed E-state index contributed by atoms with van der Waals surface area (Å²) in [4.78, 5) is 4.37. The van der Waals surface area contributed by atoms with Crippen molar-refractivity contribution in [3.05, 3.63) is 59.0 Å². The lowest BCUT2D eigenvalue weighted by Gasteiger charge is -2.12. The molecule has 0 amide bonds. The number of methoxy groups -OCH3 is 1. The molecular formula is C16H11BrFNO. The normalized spacial score (nSPS) is 10.8. The van der Waals surface area contributed by atoms with Crippen molar-refractivity contribution < 1.29 is 9.13 Å². The Bertz CT molecular complexity index is 789. The minimum absolute atomic E-state index is 0.302. The Labute approximate surface area is 124 Å². The number of benzene rings is 2. The summed E-state index contributed by atoms with van der Waals surface area (Å²) in [6.45, 7) is 0. The lowest BCUT2D eigenvalue weighted by atomic mass is 10.0. The molecule has 20 heavy (non-hydrogen) atoms. The topological polar surface area (TPSA) is 22.1 Å². The van der Waals surface area contributed by atoms with Gasteiger partial charge in [-0.25, -0.2) is 4.39 Å². The van der Waals surface area contributed by atoms with Crippen molar-refractivity contribution >= 4 is 26.8 Å². The van der Waals surface area contributed by atoms with E-state index in [1.807, 2.05) is 24.3 Å². The lowest BCUT2D eigenvalue weighted by molar-refractivity contribution is 0.421. The van der Waals surface area contributed by atoms with Crippen LogP contribution >= 0.6 is 15.9 Å². The van der Waals surface area contributed by atoms with Gasteiger partial charge < -0.3 is 4.74 Å². The van der Waals surface area contributed by atoms with Crippen LogP contribution in [0.4, 0.5) is 4.39 Å². The second-order valence-corrected chi connectivity index (χ2v) is 5.26. The van der Waals surface area contributed by atoms with E-state index in [2.05, 4.69) is 20.9 Å². The fourth-order valence-corrected chi connectivity index (χ4v) is 2.59. The van der Waals surface area contributed by atoms with Gasteiger partial charge in [0.2, 0.25) is 0 Å². The Morgan fingerprint density at radius 3 is 2.70 bits per heavy atom. The van der Waals surface area contributed by atoms with E-state index in [0.717, 1.165) is 15.4 Å². The first-order valence-electron chi connectivity index (χ1n) is 6.08. The Kier molecular flexibility index (Phi) is 3.40. The highest BCUT2D eigenvalue weighted by atomic mass is 79.9. The number of rotatable bonds is 2. The predicted molar refractivity (Wildman–Crippen MR) is 81.4 cm³/mol. The minimum Gasteiger partial charge on any atom is -0.495 e. The zero-order chi connectivity index (χ0) is 14.1. The van der Waals surface area contributed by atoms with E-state index in [4.69, 9.17) is 4.74 Å². The van der Waals surface area contributed by atoms with Gasteiger partial charge in [-0.15, -0.1) is 0 Å². The van der Waals surface area contributed by atoms with Crippen LogP contribution in [0.5, 0.6) is 5.75 Å². The number of nitrogens with zero attached hydrogens (tertiary/aromatic N) is 1. The second kappa shape index (κ2) is 5.21. The Hall–Kier alpha value is -1.94. The summed E-state index contributed by atoms with van der Waals surface area (Å²) >= 11 is 3.36. The molecule has 0 N–H and O–H groups in total. The SMILES string of the molecule is COc1c(-c2cc(Br)ccc2F)cnc2ccccc12. The smallest absolute Gasteiger partial charge is 0.137 e. The van der Waals surface area contributed by atoms with Crippen molar-refractivity contribution in [3.8, 4) is 16.9 Å². The molecule has 4 heteroatoms. The molecule has 0 saturated heterocycles. The maximum atomic E-state index is 14.1. The number of hydrogen-bond donors (Lipinski definition) is 0. The highest BCUT2D eigenvalue weighted by Crippen LogP contribution is 2.37. The molecule has 1 heterocycles. The summed E-state index contributed by atoms with van der Waals surface area (Å²) in [5, 5.41) is 0.867. The molecule has 3 rings (SSSR count). The first-order valence-corrected chi connectivity index (χ1v) is 6.87. The fourth-order valence-electron chi connectivity index (χ4n) is 2.23. The van der Waals surface area contributed by atoms with E-state index in [9.17, 15) is 4.39 Å². The Morgan fingerprint density at radius 1 is 1.10 bits per heavy atom. The van der Waals surface area contributed by atoms with Crippen LogP contribution in [0.25, 0.3) is 22.0 Å². The maximum absolute atomic E-state index is 14.1. The van der Waals surface area contributed by atoms with E-state index in [0.29, 0.717) is 16.9 Å². The minimum atomic E-state index is -0.302. The molecule has 100 valence electrons. The van der Waals surface area contributed by atoms with Gasteiger partial charge in [-0.3, -0.25) is 4.98 Å². The maximum Gasteiger partial charge on any atom is 0.137 e. The molecule has 0 unspecified atom stereocenters. The number of halogens is 2. The van der Waals surface area contributed by atoms with Crippen LogP contribution in [0.15, 0.2) is 53.1 Å². The first-order chi connectivity index (χ1) is 9.70. The van der Waals surface area contributed by atoms with Crippen molar-refractivity contribution in [2.45, 2.75) is 0 Å². The standard InChI is InChI=1S/C16H11BrFNO/c1-20-16-11-4-2-3-5-15(11)19-9-13(16)12-8-10(17)6-7-14(12)18/h2-9H,1H3. The van der Waals surface area contributed by atoms with Crippen molar-refractivity contribution in [2.24, 2.45) is 0 Å². The molecule has 0 aliphatic heterocycles. The average Bonchev–Trinajstić information content (AvgIpc) is 2.48. The zero-order valence-electron chi connectivity index (χ0n) is 10.7. The molecule has 0 atom stereocenters. The number of pyridine rings is 1. The van der Waals surface area contributed by atoms with Crippen LogP contribution in [0.3, 0.4) is 0 Å². The molecule has 1 aromatic heterocycles. The summed E-state index contributed by atoms with van der Waals surface area (Å²) in [7, 11) is 1.58. The van der Waals surface area contributed by atoms with Gasteiger partial charge in [-0.2, -0.15) is 0 Å². The van der Waals surface area contributed by atoms with E-state index >= 15 is 0 Å². The number of fused-ring (bicyclic) bond motifs is 1. The number of aromatic nitrogens is 1.